The third-order valence-corrected chi connectivity index (χ3v) is 4.77. The van der Waals surface area contributed by atoms with Crippen LogP contribution in [0, 0.1) is 0 Å². The maximum Gasteiger partial charge on any atom is 0.283 e. The van der Waals surface area contributed by atoms with Crippen LogP contribution in [-0.4, -0.2) is 17.6 Å². The van der Waals surface area contributed by atoms with Crippen LogP contribution in [-0.2, 0) is 10.0 Å². The molecule has 0 aliphatic heterocycles. The van der Waals surface area contributed by atoms with Gasteiger partial charge in [-0.25, -0.2) is 0 Å². The molecule has 0 amide bonds. The van der Waals surface area contributed by atoms with Gasteiger partial charge in [-0.15, -0.1) is 0 Å². The summed E-state index contributed by atoms with van der Waals surface area (Å²) in [5.41, 5.74) is 1.37. The molecule has 0 spiro atoms. The fourth-order valence-corrected chi connectivity index (χ4v) is 3.45. The third kappa shape index (κ3) is 2.60. The molecule has 0 unspecified atom stereocenters. The monoisotopic (exact) mass is 298 g/mol. The van der Waals surface area contributed by atoms with E-state index in [1.807, 2.05) is 42.5 Å². The van der Waals surface area contributed by atoms with Crippen molar-refractivity contribution in [3.63, 3.8) is 0 Å². The van der Waals surface area contributed by atoms with Crippen LogP contribution in [0.25, 0.3) is 11.3 Å². The van der Waals surface area contributed by atoms with Crippen LogP contribution >= 0.6 is 0 Å². The van der Waals surface area contributed by atoms with E-state index in [1.165, 1.54) is 6.20 Å². The van der Waals surface area contributed by atoms with Gasteiger partial charge in [-0.1, -0.05) is 48.6 Å². The van der Waals surface area contributed by atoms with Gasteiger partial charge in [0.05, 0.1) is 16.8 Å². The van der Waals surface area contributed by atoms with E-state index in [4.69, 9.17) is 0 Å². The summed E-state index contributed by atoms with van der Waals surface area (Å²) in [5.74, 6) is 0. The summed E-state index contributed by atoms with van der Waals surface area (Å²) in [6.45, 7) is 0. The van der Waals surface area contributed by atoms with Crippen molar-refractivity contribution in [2.24, 2.45) is 0 Å². The van der Waals surface area contributed by atoms with Crippen molar-refractivity contribution < 1.29 is 8.42 Å². The Labute approximate surface area is 123 Å². The first-order valence-electron chi connectivity index (χ1n) is 6.58. The lowest BCUT2D eigenvalue weighted by Gasteiger charge is -2.09. The molecule has 21 heavy (non-hydrogen) atoms. The van der Waals surface area contributed by atoms with Crippen molar-refractivity contribution in [1.29, 1.82) is 0 Å². The van der Waals surface area contributed by atoms with Gasteiger partial charge in [-0.2, -0.15) is 17.6 Å². The Morgan fingerprint density at radius 2 is 1.86 bits per heavy atom. The normalized spacial score (nSPS) is 14.8. The van der Waals surface area contributed by atoms with Crippen molar-refractivity contribution >= 4 is 10.0 Å². The number of rotatable bonds is 3. The Morgan fingerprint density at radius 3 is 2.67 bits per heavy atom. The van der Waals surface area contributed by atoms with E-state index in [0.717, 1.165) is 16.1 Å². The van der Waals surface area contributed by atoms with E-state index in [1.54, 1.807) is 24.3 Å². The van der Waals surface area contributed by atoms with Gasteiger partial charge in [0, 0.05) is 5.56 Å². The summed E-state index contributed by atoms with van der Waals surface area (Å²) in [6.07, 6.45) is 10.9. The second kappa shape index (κ2) is 5.54. The van der Waals surface area contributed by atoms with Crippen molar-refractivity contribution in [1.82, 2.24) is 9.19 Å². The van der Waals surface area contributed by atoms with Crippen molar-refractivity contribution in [3.8, 4) is 11.3 Å². The second-order valence-electron chi connectivity index (χ2n) is 4.57. The van der Waals surface area contributed by atoms with Crippen molar-refractivity contribution in [2.45, 2.75) is 6.42 Å². The van der Waals surface area contributed by atoms with Crippen LogP contribution in [0.3, 0.4) is 0 Å². The summed E-state index contributed by atoms with van der Waals surface area (Å²) >= 11 is 0. The summed E-state index contributed by atoms with van der Waals surface area (Å²) in [6, 6.07) is 11.0. The molecule has 1 aliphatic carbocycles. The van der Waals surface area contributed by atoms with Crippen molar-refractivity contribution in [2.75, 3.05) is 0 Å². The van der Waals surface area contributed by atoms with Crippen LogP contribution < -0.4 is 0 Å². The van der Waals surface area contributed by atoms with Crippen LogP contribution in [0.15, 0.2) is 77.9 Å². The molecule has 0 saturated carbocycles. The molecule has 5 heteroatoms. The first-order chi connectivity index (χ1) is 10.2. The Bertz CT molecular complexity index is 828. The van der Waals surface area contributed by atoms with E-state index in [-0.39, 0.29) is 4.91 Å². The lowest BCUT2D eigenvalue weighted by molar-refractivity contribution is 0.588. The highest BCUT2D eigenvalue weighted by Gasteiger charge is 2.22. The summed E-state index contributed by atoms with van der Waals surface area (Å²) < 4.78 is 26.6. The van der Waals surface area contributed by atoms with E-state index in [2.05, 4.69) is 5.10 Å². The quantitative estimate of drug-likeness (QED) is 0.874. The molecule has 0 fully saturated rings. The van der Waals surface area contributed by atoms with Gasteiger partial charge in [0.15, 0.2) is 0 Å². The molecule has 1 aromatic carbocycles. The molecule has 4 nitrogen and oxygen atoms in total. The summed E-state index contributed by atoms with van der Waals surface area (Å²) in [4.78, 5) is 0.233. The largest absolute Gasteiger partial charge is 0.283 e. The van der Waals surface area contributed by atoms with E-state index < -0.39 is 10.0 Å². The maximum atomic E-state index is 12.7. The number of nitrogens with zero attached hydrogens (tertiary/aromatic N) is 2. The molecule has 0 atom stereocenters. The molecule has 1 aliphatic rings. The van der Waals surface area contributed by atoms with E-state index in [9.17, 15) is 8.42 Å². The predicted octanol–water partition coefficient (Wildman–Crippen LogP) is 3.13. The molecular formula is C16H14N2O2S. The minimum absolute atomic E-state index is 0.233. The van der Waals surface area contributed by atoms with Gasteiger partial charge >= 0.3 is 0 Å². The number of hydrogen-bond donors (Lipinski definition) is 0. The average Bonchev–Trinajstić information content (AvgIpc) is 2.84. The fraction of sp³-hybridized carbons (Fsp3) is 0.0625. The molecule has 106 valence electrons. The highest BCUT2D eigenvalue weighted by atomic mass is 32.2. The first-order valence-corrected chi connectivity index (χ1v) is 8.02. The highest BCUT2D eigenvalue weighted by molar-refractivity contribution is 7.94. The maximum absolute atomic E-state index is 12.7. The van der Waals surface area contributed by atoms with Crippen molar-refractivity contribution in [3.05, 3.63) is 77.9 Å². The van der Waals surface area contributed by atoms with Gasteiger partial charge in [0.1, 0.15) is 0 Å². The Balaban J connectivity index is 2.12. The van der Waals surface area contributed by atoms with Crippen LogP contribution in [0.1, 0.15) is 6.42 Å². The topological polar surface area (TPSA) is 52.0 Å². The minimum atomic E-state index is -3.69. The zero-order chi connectivity index (χ0) is 14.7. The lowest BCUT2D eigenvalue weighted by Crippen LogP contribution is -2.16. The number of allylic oxidation sites excluding steroid dienone is 5. The molecule has 0 saturated heterocycles. The number of aromatic nitrogens is 2. The van der Waals surface area contributed by atoms with E-state index >= 15 is 0 Å². The molecule has 3 rings (SSSR count). The second-order valence-corrected chi connectivity index (χ2v) is 6.33. The van der Waals surface area contributed by atoms with Crippen LogP contribution in [0.2, 0.25) is 0 Å². The fourth-order valence-electron chi connectivity index (χ4n) is 2.13. The zero-order valence-corrected chi connectivity index (χ0v) is 12.1. The van der Waals surface area contributed by atoms with Gasteiger partial charge in [0.2, 0.25) is 0 Å². The lowest BCUT2D eigenvalue weighted by atomic mass is 10.2. The number of hydrogen-bond acceptors (Lipinski definition) is 3. The third-order valence-electron chi connectivity index (χ3n) is 3.16. The number of benzene rings is 1. The predicted molar refractivity (Wildman–Crippen MR) is 83.0 cm³/mol. The minimum Gasteiger partial charge on any atom is -0.199 e. The summed E-state index contributed by atoms with van der Waals surface area (Å²) in [7, 11) is -3.69. The standard InChI is InChI=1S/C16H14N2O2S/c19-21(20,15-10-6-1-2-7-11-15)18-16(12-13-17-18)14-8-4-3-5-9-14/h1,3-13H,2H2. The molecule has 1 aromatic heterocycles. The zero-order valence-electron chi connectivity index (χ0n) is 11.3. The van der Waals surface area contributed by atoms with Gasteiger partial charge < -0.3 is 0 Å². The molecule has 0 bridgehead atoms. The smallest absolute Gasteiger partial charge is 0.199 e. The summed E-state index contributed by atoms with van der Waals surface area (Å²) in [5, 5.41) is 4.00. The molecule has 0 radical (unpaired) electrons. The van der Waals surface area contributed by atoms with E-state index in [0.29, 0.717) is 5.69 Å². The molecular weight excluding hydrogens is 284 g/mol. The molecule has 0 N–H and O–H groups in total. The Kier molecular flexibility index (Phi) is 3.58. The Morgan fingerprint density at radius 1 is 1.05 bits per heavy atom. The van der Waals surface area contributed by atoms with Gasteiger partial charge in [-0.3, -0.25) is 0 Å². The average molecular weight is 298 g/mol. The molecule has 1 heterocycles. The Hall–Kier alpha value is -2.40. The van der Waals surface area contributed by atoms with Crippen LogP contribution in [0.4, 0.5) is 0 Å². The highest BCUT2D eigenvalue weighted by Crippen LogP contribution is 2.23. The van der Waals surface area contributed by atoms with Gasteiger partial charge in [-0.05, 0) is 24.6 Å². The SMILES string of the molecule is O=S(=O)(C1=CC=CCC=C1)n1nccc1-c1ccccc1. The first kappa shape index (κ1) is 13.6. The molecule has 2 aromatic rings. The van der Waals surface area contributed by atoms with Gasteiger partial charge in [0.25, 0.3) is 10.0 Å². The van der Waals surface area contributed by atoms with Crippen LogP contribution in [0.5, 0.6) is 0 Å².